The summed E-state index contributed by atoms with van der Waals surface area (Å²) in [6.45, 7) is 4.18. The summed E-state index contributed by atoms with van der Waals surface area (Å²) in [6.07, 6.45) is 10.7. The van der Waals surface area contributed by atoms with Crippen LogP contribution < -0.4 is 15.9 Å². The van der Waals surface area contributed by atoms with E-state index in [0.717, 1.165) is 33.8 Å². The molecule has 0 saturated heterocycles. The van der Waals surface area contributed by atoms with E-state index in [4.69, 9.17) is 11.6 Å². The van der Waals surface area contributed by atoms with E-state index in [9.17, 15) is 4.79 Å². The van der Waals surface area contributed by atoms with Gasteiger partial charge in [-0.15, -0.1) is 0 Å². The van der Waals surface area contributed by atoms with Crippen molar-refractivity contribution in [3.05, 3.63) is 63.4 Å². The summed E-state index contributed by atoms with van der Waals surface area (Å²) in [5.41, 5.74) is 3.63. The highest BCUT2D eigenvalue weighted by Gasteiger charge is 2.11. The number of halogens is 1. The van der Waals surface area contributed by atoms with Gasteiger partial charge in [-0.3, -0.25) is 9.89 Å². The molecule has 0 spiro atoms. The zero-order valence-corrected chi connectivity index (χ0v) is 17.3. The largest absolute Gasteiger partial charge is 0.383 e. The average Bonchev–Trinajstić information content (AvgIpc) is 2.97. The number of aromatic nitrogens is 2. The van der Waals surface area contributed by atoms with Gasteiger partial charge in [-0.25, -0.2) is 0 Å². The van der Waals surface area contributed by atoms with Crippen molar-refractivity contribution in [2.45, 2.75) is 20.3 Å². The standard InChI is InChI=1S/C22H25ClN4O/c1-14-5-8-20-18(15(2)25-26-20)12-17(11-14)16-6-7-19(23)21(13-16)24-22(28)9-10-27(3)4/h6-14,26H,5H2,1-4H3,(H,24,28). The molecule has 0 bridgehead atoms. The van der Waals surface area contributed by atoms with E-state index in [0.29, 0.717) is 16.6 Å². The van der Waals surface area contributed by atoms with Gasteiger partial charge < -0.3 is 10.2 Å². The Bertz CT molecular complexity index is 1060. The number of nitrogens with one attached hydrogen (secondary N) is 2. The van der Waals surface area contributed by atoms with Crippen molar-refractivity contribution in [2.75, 3.05) is 19.4 Å². The fraction of sp³-hybridized carbons (Fsp3) is 0.273. The van der Waals surface area contributed by atoms with Gasteiger partial charge >= 0.3 is 0 Å². The number of carbonyl (C=O) groups is 1. The number of carbonyl (C=O) groups excluding carboxylic acids is 1. The first-order valence-corrected chi connectivity index (χ1v) is 9.61. The van der Waals surface area contributed by atoms with Crippen LogP contribution >= 0.6 is 11.6 Å². The van der Waals surface area contributed by atoms with E-state index in [1.54, 1.807) is 11.1 Å². The summed E-state index contributed by atoms with van der Waals surface area (Å²) >= 11 is 6.32. The summed E-state index contributed by atoms with van der Waals surface area (Å²) < 4.78 is 0. The van der Waals surface area contributed by atoms with Crippen molar-refractivity contribution in [3.63, 3.8) is 0 Å². The topological polar surface area (TPSA) is 61.0 Å². The van der Waals surface area contributed by atoms with Crippen LogP contribution in [0.25, 0.3) is 17.7 Å². The second-order valence-electron chi connectivity index (χ2n) is 7.28. The van der Waals surface area contributed by atoms with Crippen molar-refractivity contribution < 1.29 is 4.79 Å². The maximum absolute atomic E-state index is 12.2. The third-order valence-electron chi connectivity index (χ3n) is 4.56. The highest BCUT2D eigenvalue weighted by Crippen LogP contribution is 2.28. The number of aromatic amines is 1. The van der Waals surface area contributed by atoms with Gasteiger partial charge in [-0.05, 0) is 48.6 Å². The van der Waals surface area contributed by atoms with Crippen molar-refractivity contribution in [1.82, 2.24) is 15.1 Å². The second-order valence-corrected chi connectivity index (χ2v) is 7.69. The maximum Gasteiger partial charge on any atom is 0.249 e. The van der Waals surface area contributed by atoms with E-state index in [-0.39, 0.29) is 5.91 Å². The first-order valence-electron chi connectivity index (χ1n) is 9.23. The summed E-state index contributed by atoms with van der Waals surface area (Å²) in [5.74, 6) is 0.152. The average molecular weight is 397 g/mol. The molecule has 5 nitrogen and oxygen atoms in total. The number of anilines is 1. The lowest BCUT2D eigenvalue weighted by Crippen LogP contribution is -2.25. The molecule has 1 atom stereocenters. The Labute approximate surface area is 170 Å². The Morgan fingerprint density at radius 1 is 1.39 bits per heavy atom. The molecule has 1 aromatic heterocycles. The first-order chi connectivity index (χ1) is 13.3. The van der Waals surface area contributed by atoms with E-state index < -0.39 is 0 Å². The van der Waals surface area contributed by atoms with Crippen LogP contribution in [0.5, 0.6) is 0 Å². The van der Waals surface area contributed by atoms with E-state index in [2.05, 4.69) is 40.7 Å². The van der Waals surface area contributed by atoms with Gasteiger partial charge in [0.05, 0.1) is 21.8 Å². The summed E-state index contributed by atoms with van der Waals surface area (Å²) in [7, 11) is 3.72. The highest BCUT2D eigenvalue weighted by molar-refractivity contribution is 6.34. The first kappa shape index (κ1) is 20.0. The van der Waals surface area contributed by atoms with Crippen LogP contribution in [-0.2, 0) is 4.79 Å². The Kier molecular flexibility index (Phi) is 6.05. The molecular weight excluding hydrogens is 372 g/mol. The van der Waals surface area contributed by atoms with Crippen molar-refractivity contribution in [3.8, 4) is 0 Å². The van der Waals surface area contributed by atoms with Gasteiger partial charge in [-0.1, -0.05) is 36.7 Å². The minimum atomic E-state index is -0.223. The Balaban J connectivity index is 2.00. The third-order valence-corrected chi connectivity index (χ3v) is 4.89. The fourth-order valence-electron chi connectivity index (χ4n) is 3.05. The quantitative estimate of drug-likeness (QED) is 0.781. The molecule has 1 aromatic carbocycles. The zero-order valence-electron chi connectivity index (χ0n) is 16.6. The number of benzene rings is 1. The van der Waals surface area contributed by atoms with Crippen LogP contribution in [0.1, 0.15) is 24.6 Å². The van der Waals surface area contributed by atoms with Crippen molar-refractivity contribution >= 4 is 40.9 Å². The summed E-state index contributed by atoms with van der Waals surface area (Å²) in [6, 6.07) is 5.71. The predicted octanol–water partition coefficient (Wildman–Crippen LogP) is 3.07. The Morgan fingerprint density at radius 3 is 2.93 bits per heavy atom. The molecule has 0 radical (unpaired) electrons. The lowest BCUT2D eigenvalue weighted by atomic mass is 9.95. The van der Waals surface area contributed by atoms with Gasteiger partial charge in [0.25, 0.3) is 0 Å². The van der Waals surface area contributed by atoms with Gasteiger partial charge in [-0.2, -0.15) is 5.10 Å². The Morgan fingerprint density at radius 2 is 2.18 bits per heavy atom. The van der Waals surface area contributed by atoms with Gasteiger partial charge in [0, 0.05) is 31.6 Å². The summed E-state index contributed by atoms with van der Waals surface area (Å²) in [5, 5.41) is 12.9. The lowest BCUT2D eigenvalue weighted by molar-refractivity contribution is -0.112. The number of amides is 1. The number of fused-ring (bicyclic) bond motifs is 1. The van der Waals surface area contributed by atoms with Gasteiger partial charge in [0.15, 0.2) is 0 Å². The molecule has 0 fully saturated rings. The molecule has 0 saturated carbocycles. The molecule has 0 aliphatic heterocycles. The van der Waals surface area contributed by atoms with Gasteiger partial charge in [0.2, 0.25) is 5.91 Å². The van der Waals surface area contributed by atoms with Crippen LogP contribution in [0, 0.1) is 12.8 Å². The molecule has 6 heteroatoms. The van der Waals surface area contributed by atoms with Crippen LogP contribution in [-0.4, -0.2) is 35.1 Å². The molecule has 2 N–H and O–H groups in total. The molecule has 3 rings (SSSR count). The number of aryl methyl sites for hydroxylation is 1. The van der Waals surface area contributed by atoms with Gasteiger partial charge in [0.1, 0.15) is 0 Å². The lowest BCUT2D eigenvalue weighted by Gasteiger charge is -2.12. The predicted molar refractivity (Wildman–Crippen MR) is 116 cm³/mol. The SMILES string of the molecule is Cc1n[nH]c2c1=CC(c1ccc(Cl)c(NC(=O)C=CN(C)C)c1)=CC(C)CC=2. The minimum absolute atomic E-state index is 0.223. The fourth-order valence-corrected chi connectivity index (χ4v) is 3.22. The van der Waals surface area contributed by atoms with E-state index in [1.165, 1.54) is 6.08 Å². The molecule has 1 unspecified atom stereocenters. The number of allylic oxidation sites excluding steroid dienone is 2. The number of nitrogens with zero attached hydrogens (tertiary/aromatic N) is 2. The van der Waals surface area contributed by atoms with Crippen LogP contribution in [0.4, 0.5) is 5.69 Å². The van der Waals surface area contributed by atoms with E-state index in [1.807, 2.05) is 39.2 Å². The maximum atomic E-state index is 12.2. The number of hydrogen-bond acceptors (Lipinski definition) is 3. The van der Waals surface area contributed by atoms with E-state index >= 15 is 0 Å². The molecule has 28 heavy (non-hydrogen) atoms. The van der Waals surface area contributed by atoms with Crippen LogP contribution in [0.15, 0.2) is 36.6 Å². The smallest absolute Gasteiger partial charge is 0.249 e. The molecule has 1 amide bonds. The Hall–Kier alpha value is -2.79. The number of hydrogen-bond donors (Lipinski definition) is 2. The molecule has 1 aliphatic carbocycles. The zero-order chi connectivity index (χ0) is 20.3. The number of rotatable bonds is 4. The summed E-state index contributed by atoms with van der Waals surface area (Å²) in [4.78, 5) is 14.0. The molecule has 146 valence electrons. The molecule has 1 heterocycles. The monoisotopic (exact) mass is 396 g/mol. The minimum Gasteiger partial charge on any atom is -0.383 e. The normalized spacial score (nSPS) is 16.3. The highest BCUT2D eigenvalue weighted by atomic mass is 35.5. The molecular formula is C22H25ClN4O. The van der Waals surface area contributed by atoms with Crippen LogP contribution in [0.3, 0.4) is 0 Å². The second kappa shape index (κ2) is 8.48. The number of H-pyrrole nitrogens is 1. The molecule has 1 aliphatic rings. The van der Waals surface area contributed by atoms with Crippen molar-refractivity contribution in [1.29, 1.82) is 0 Å². The molecule has 2 aromatic rings. The van der Waals surface area contributed by atoms with Crippen molar-refractivity contribution in [2.24, 2.45) is 5.92 Å². The van der Waals surface area contributed by atoms with Crippen LogP contribution in [0.2, 0.25) is 5.02 Å². The third kappa shape index (κ3) is 4.73.